The molecule has 0 bridgehead atoms. The van der Waals surface area contributed by atoms with Crippen LogP contribution in [0.3, 0.4) is 0 Å². The van der Waals surface area contributed by atoms with Crippen molar-refractivity contribution in [2.75, 3.05) is 0 Å². The lowest BCUT2D eigenvalue weighted by Gasteiger charge is -2.43. The highest BCUT2D eigenvalue weighted by Crippen LogP contribution is 2.64. The Bertz CT molecular complexity index is 755. The van der Waals surface area contributed by atoms with Crippen LogP contribution in [0.4, 0.5) is 96.6 Å². The summed E-state index contributed by atoms with van der Waals surface area (Å²) in [7, 11) is 0. The van der Waals surface area contributed by atoms with Crippen LogP contribution in [0.1, 0.15) is 6.42 Å². The van der Waals surface area contributed by atoms with Crippen molar-refractivity contribution in [2.24, 2.45) is 0 Å². The van der Waals surface area contributed by atoms with Gasteiger partial charge in [0.15, 0.2) is 0 Å². The van der Waals surface area contributed by atoms with Gasteiger partial charge in [-0.2, -0.15) is 96.6 Å². The smallest absolute Gasteiger partial charge is 0.198 e. The second-order valence-electron chi connectivity index (χ2n) is 6.44. The third-order valence-electron chi connectivity index (χ3n) is 3.99. The predicted octanol–water partition coefficient (Wildman–Crippen LogP) is 8.39. The van der Waals surface area contributed by atoms with E-state index in [1.165, 1.54) is 0 Å². The molecule has 23 heteroatoms. The van der Waals surface area contributed by atoms with Gasteiger partial charge in [-0.15, -0.1) is 0 Å². The topological polar surface area (TPSA) is 0 Å². The molecule has 1 atom stereocenters. The molecule has 212 valence electrons. The number of hydrogen-bond acceptors (Lipinski definition) is 0. The molecule has 0 aromatic heterocycles. The fourth-order valence-corrected chi connectivity index (χ4v) is 2.79. The normalized spacial score (nSPS) is 17.6. The minimum atomic E-state index is -8.95. The van der Waals surface area contributed by atoms with Gasteiger partial charge in [-0.05, 0) is 0 Å². The van der Waals surface area contributed by atoms with Crippen molar-refractivity contribution < 1.29 is 96.6 Å². The standard InChI is InChI=1S/C12H3F22I/c13-3(14,11(29,30)31)1-2(35)4(15,16)5(17,18)6(19,20)7(21,22)8(23,24)9(25,26)10(27,28)12(32,33)34/h2H,1H2. The first-order chi connectivity index (χ1) is 14.6. The summed E-state index contributed by atoms with van der Waals surface area (Å²) in [4.78, 5) is 0. The largest absolute Gasteiger partial charge is 0.460 e. The van der Waals surface area contributed by atoms with Crippen LogP contribution in [-0.4, -0.2) is 63.7 Å². The van der Waals surface area contributed by atoms with E-state index in [2.05, 4.69) is 0 Å². The van der Waals surface area contributed by atoms with Crippen LogP contribution >= 0.6 is 22.6 Å². The molecular weight excluding hydrogens is 689 g/mol. The molecule has 0 aliphatic rings. The van der Waals surface area contributed by atoms with E-state index in [1.807, 2.05) is 0 Å². The molecule has 1 unspecified atom stereocenters. The van der Waals surface area contributed by atoms with Gasteiger partial charge in [-0.3, -0.25) is 0 Å². The summed E-state index contributed by atoms with van der Waals surface area (Å²) in [5.74, 6) is -66.0. The second kappa shape index (κ2) is 8.61. The Morgan fingerprint density at radius 1 is 0.371 bits per heavy atom. The number of rotatable bonds is 9. The van der Waals surface area contributed by atoms with Gasteiger partial charge in [-0.1, -0.05) is 22.6 Å². The lowest BCUT2D eigenvalue weighted by molar-refractivity contribution is -0.461. The number of hydrogen-bond donors (Lipinski definition) is 0. The second-order valence-corrected chi connectivity index (χ2v) is 7.94. The van der Waals surface area contributed by atoms with Gasteiger partial charge < -0.3 is 0 Å². The highest BCUT2D eigenvalue weighted by molar-refractivity contribution is 14.1. The fourth-order valence-electron chi connectivity index (χ4n) is 1.84. The van der Waals surface area contributed by atoms with Crippen molar-refractivity contribution in [3.63, 3.8) is 0 Å². The Morgan fingerprint density at radius 3 is 0.886 bits per heavy atom. The molecule has 0 saturated heterocycles. The van der Waals surface area contributed by atoms with E-state index in [4.69, 9.17) is 0 Å². The third-order valence-corrected chi connectivity index (χ3v) is 5.21. The number of alkyl halides is 23. The molecule has 0 aromatic rings. The minimum Gasteiger partial charge on any atom is -0.198 e. The Balaban J connectivity index is 6.75. The lowest BCUT2D eigenvalue weighted by atomic mass is 9.87. The maximum Gasteiger partial charge on any atom is 0.460 e. The Morgan fingerprint density at radius 2 is 0.629 bits per heavy atom. The molecule has 0 heterocycles. The average Bonchev–Trinajstić information content (AvgIpc) is 2.58. The van der Waals surface area contributed by atoms with Crippen LogP contribution < -0.4 is 0 Å². The van der Waals surface area contributed by atoms with E-state index in [9.17, 15) is 96.6 Å². The Labute approximate surface area is 190 Å². The van der Waals surface area contributed by atoms with Crippen molar-refractivity contribution in [3.8, 4) is 0 Å². The summed E-state index contributed by atoms with van der Waals surface area (Å²) >= 11 is -0.589. The van der Waals surface area contributed by atoms with E-state index in [-0.39, 0.29) is 0 Å². The van der Waals surface area contributed by atoms with E-state index in [0.29, 0.717) is 0 Å². The first-order valence-corrected chi connectivity index (χ1v) is 8.67. The van der Waals surface area contributed by atoms with Gasteiger partial charge >= 0.3 is 59.7 Å². The highest BCUT2D eigenvalue weighted by Gasteiger charge is 2.95. The fraction of sp³-hybridized carbons (Fsp3) is 1.00. The molecule has 0 N–H and O–H groups in total. The van der Waals surface area contributed by atoms with Crippen molar-refractivity contribution in [2.45, 2.75) is 70.1 Å². The summed E-state index contributed by atoms with van der Waals surface area (Å²) in [6.45, 7) is 0. The van der Waals surface area contributed by atoms with Crippen molar-refractivity contribution in [1.82, 2.24) is 0 Å². The van der Waals surface area contributed by atoms with Crippen LogP contribution in [-0.2, 0) is 0 Å². The minimum absolute atomic E-state index is 0.589. The van der Waals surface area contributed by atoms with Gasteiger partial charge in [0.2, 0.25) is 0 Å². The van der Waals surface area contributed by atoms with E-state index in [0.717, 1.165) is 0 Å². The lowest BCUT2D eigenvalue weighted by Crippen LogP contribution is -2.75. The van der Waals surface area contributed by atoms with Crippen molar-refractivity contribution in [1.29, 1.82) is 0 Å². The van der Waals surface area contributed by atoms with Crippen molar-refractivity contribution >= 4 is 22.6 Å². The summed E-state index contributed by atoms with van der Waals surface area (Å²) in [6, 6.07) is 0. The zero-order chi connectivity index (χ0) is 29.3. The van der Waals surface area contributed by atoms with E-state index in [1.54, 1.807) is 0 Å². The molecule has 0 aromatic carbocycles. The summed E-state index contributed by atoms with van der Waals surface area (Å²) in [5.41, 5.74) is 0. The Kier molecular flexibility index (Phi) is 8.41. The number of halogens is 23. The van der Waals surface area contributed by atoms with Crippen LogP contribution in [0.25, 0.3) is 0 Å². The molecule has 0 aliphatic heterocycles. The van der Waals surface area contributed by atoms with Gasteiger partial charge in [0, 0.05) is 6.42 Å². The molecule has 35 heavy (non-hydrogen) atoms. The first-order valence-electron chi connectivity index (χ1n) is 7.43. The zero-order valence-corrected chi connectivity index (χ0v) is 17.1. The zero-order valence-electron chi connectivity index (χ0n) is 15.0. The molecule has 0 saturated carbocycles. The van der Waals surface area contributed by atoms with Gasteiger partial charge in [-0.25, -0.2) is 0 Å². The quantitative estimate of drug-likeness (QED) is 0.130. The van der Waals surface area contributed by atoms with Crippen molar-refractivity contribution in [3.05, 3.63) is 0 Å². The predicted molar refractivity (Wildman–Crippen MR) is 74.1 cm³/mol. The SMILES string of the molecule is FC(F)(F)C(F)(F)CC(I)C(F)(F)C(F)(F)C(F)(F)C(F)(F)C(F)(F)C(F)(F)C(F)(F)C(F)(F)F. The monoisotopic (exact) mass is 692 g/mol. The van der Waals surface area contributed by atoms with Gasteiger partial charge in [0.25, 0.3) is 0 Å². The van der Waals surface area contributed by atoms with Crippen LogP contribution in [0.15, 0.2) is 0 Å². The van der Waals surface area contributed by atoms with Crippen LogP contribution in [0.5, 0.6) is 0 Å². The molecule has 0 nitrogen and oxygen atoms in total. The van der Waals surface area contributed by atoms with Gasteiger partial charge in [0.05, 0.1) is 3.92 Å². The maximum absolute atomic E-state index is 13.6. The molecule has 0 spiro atoms. The average molecular weight is 692 g/mol. The van der Waals surface area contributed by atoms with Gasteiger partial charge in [0.1, 0.15) is 0 Å². The molecule has 0 fully saturated rings. The van der Waals surface area contributed by atoms with Crippen LogP contribution in [0, 0.1) is 0 Å². The molecular formula is C12H3F22I. The molecule has 0 radical (unpaired) electrons. The molecule has 0 rings (SSSR count). The summed E-state index contributed by atoms with van der Waals surface area (Å²) in [6.07, 6.45) is -18.5. The van der Waals surface area contributed by atoms with E-state index >= 15 is 0 Å². The highest BCUT2D eigenvalue weighted by atomic mass is 127. The maximum atomic E-state index is 13.6. The summed E-state index contributed by atoms with van der Waals surface area (Å²) < 4.78 is 278. The first kappa shape index (κ1) is 34.2. The van der Waals surface area contributed by atoms with E-state index < -0.39 is 92.7 Å². The van der Waals surface area contributed by atoms with Crippen LogP contribution in [0.2, 0.25) is 0 Å². The summed E-state index contributed by atoms with van der Waals surface area (Å²) in [5, 5.41) is 0. The third kappa shape index (κ3) is 4.78. The molecule has 0 aliphatic carbocycles. The molecule has 0 amide bonds. The Hall–Kier alpha value is -0.810.